The Morgan fingerprint density at radius 1 is 0.952 bits per heavy atom. The molecule has 2 rings (SSSR count). The fourth-order valence-electron chi connectivity index (χ4n) is 2.21. The van der Waals surface area contributed by atoms with Crippen LogP contribution >= 0.6 is 7.60 Å². The van der Waals surface area contributed by atoms with Crippen LogP contribution in [-0.4, -0.2) is 15.5 Å². The molecule has 0 amide bonds. The summed E-state index contributed by atoms with van der Waals surface area (Å²) >= 11 is 0. The molecule has 0 unspecified atom stereocenters. The van der Waals surface area contributed by atoms with Crippen molar-refractivity contribution >= 4 is 18.6 Å². The third-order valence-electron chi connectivity index (χ3n) is 3.60. The van der Waals surface area contributed by atoms with E-state index >= 15 is 0 Å². The van der Waals surface area contributed by atoms with E-state index in [-0.39, 0.29) is 5.30 Å². The van der Waals surface area contributed by atoms with Gasteiger partial charge in [-0.05, 0) is 55.7 Å². The molecule has 0 aromatic heterocycles. The second-order valence-corrected chi connectivity index (χ2v) is 6.82. The smallest absolute Gasteiger partial charge is 0.321 e. The zero-order chi connectivity index (χ0) is 15.8. The van der Waals surface area contributed by atoms with Gasteiger partial charge in [-0.2, -0.15) is 0 Å². The van der Waals surface area contributed by atoms with Crippen LogP contribution in [0.3, 0.4) is 0 Å². The predicted octanol–water partition coefficient (Wildman–Crippen LogP) is 2.83. The molecule has 5 heteroatoms. The highest BCUT2D eigenvalue weighted by Crippen LogP contribution is 2.33. The Hall–Kier alpha value is -1.74. The Morgan fingerprint density at radius 2 is 1.48 bits per heavy atom. The van der Waals surface area contributed by atoms with Gasteiger partial charge in [-0.1, -0.05) is 18.2 Å². The molecule has 4 nitrogen and oxygen atoms in total. The Morgan fingerprint density at radius 3 is 2.00 bits per heavy atom. The van der Waals surface area contributed by atoms with Crippen molar-refractivity contribution < 1.29 is 14.4 Å². The summed E-state index contributed by atoms with van der Waals surface area (Å²) in [6, 6.07) is 9.92. The average molecular weight is 303 g/mol. The molecule has 0 aliphatic carbocycles. The number of aryl methyl sites for hydroxylation is 3. The molecule has 0 radical (unpaired) electrons. The molecule has 0 aliphatic rings. The van der Waals surface area contributed by atoms with Gasteiger partial charge < -0.3 is 9.79 Å². The van der Waals surface area contributed by atoms with E-state index in [9.17, 15) is 4.57 Å². The van der Waals surface area contributed by atoms with Crippen LogP contribution in [0.15, 0.2) is 36.4 Å². The van der Waals surface area contributed by atoms with Crippen LogP contribution in [0.1, 0.15) is 27.8 Å². The summed E-state index contributed by atoms with van der Waals surface area (Å²) in [6.07, 6.45) is 0. The highest BCUT2D eigenvalue weighted by atomic mass is 31.2. The highest BCUT2D eigenvalue weighted by molar-refractivity contribution is 7.60. The first kappa shape index (κ1) is 15.6. The number of benzene rings is 2. The van der Waals surface area contributed by atoms with Crippen LogP contribution in [0.2, 0.25) is 0 Å². The highest BCUT2D eigenvalue weighted by Gasteiger charge is 2.17. The Kier molecular flexibility index (Phi) is 4.15. The number of nitrogens with one attached hydrogen (secondary N) is 1. The van der Waals surface area contributed by atoms with E-state index < -0.39 is 7.60 Å². The maximum Gasteiger partial charge on any atom is 0.356 e. The number of hydrogen-bond donors (Lipinski definition) is 3. The lowest BCUT2D eigenvalue weighted by molar-refractivity contribution is 0.387. The van der Waals surface area contributed by atoms with Gasteiger partial charge in [0.05, 0.1) is 11.0 Å². The summed E-state index contributed by atoms with van der Waals surface area (Å²) in [6.45, 7) is 5.99. The van der Waals surface area contributed by atoms with Crippen molar-refractivity contribution in [3.8, 4) is 0 Å². The molecular weight excluding hydrogens is 285 g/mol. The van der Waals surface area contributed by atoms with Crippen LogP contribution in [0, 0.1) is 26.2 Å². The molecule has 110 valence electrons. The Labute approximate surface area is 124 Å². The summed E-state index contributed by atoms with van der Waals surface area (Å²) in [7, 11) is -4.23. The van der Waals surface area contributed by atoms with Gasteiger partial charge in [0, 0.05) is 11.1 Å². The molecule has 3 N–H and O–H groups in total. The maximum absolute atomic E-state index is 11.2. The molecule has 0 bridgehead atoms. The normalized spacial score (nSPS) is 11.5. The fourth-order valence-corrected chi connectivity index (χ4v) is 2.75. The molecular formula is C16H18NO3P. The lowest BCUT2D eigenvalue weighted by atomic mass is 9.94. The van der Waals surface area contributed by atoms with Crippen molar-refractivity contribution in [2.75, 3.05) is 0 Å². The van der Waals surface area contributed by atoms with E-state index in [1.165, 1.54) is 17.7 Å². The second kappa shape index (κ2) is 5.57. The SMILES string of the molecule is Cc1cc(C)c(C(=N)c2ccc(P(=O)(O)O)cc2)cc1C. The Bertz CT molecular complexity index is 745. The first-order valence-corrected chi connectivity index (χ1v) is 8.14. The minimum Gasteiger partial charge on any atom is -0.321 e. The van der Waals surface area contributed by atoms with E-state index in [4.69, 9.17) is 15.2 Å². The molecule has 2 aromatic carbocycles. The van der Waals surface area contributed by atoms with Gasteiger partial charge in [-0.15, -0.1) is 0 Å². The van der Waals surface area contributed by atoms with Gasteiger partial charge in [-0.3, -0.25) is 9.97 Å². The standard InChI is InChI=1S/C16H18NO3P/c1-10-8-12(3)15(9-11(10)2)16(17)13-4-6-14(7-5-13)21(18,19)20/h4-9,17H,1-3H3,(H2,18,19,20). The summed E-state index contributed by atoms with van der Waals surface area (Å²) < 4.78 is 11.2. The van der Waals surface area contributed by atoms with Crippen LogP contribution in [0.5, 0.6) is 0 Å². The van der Waals surface area contributed by atoms with E-state index in [0.717, 1.165) is 16.7 Å². The van der Waals surface area contributed by atoms with Crippen molar-refractivity contribution in [2.45, 2.75) is 20.8 Å². The van der Waals surface area contributed by atoms with Crippen molar-refractivity contribution in [1.29, 1.82) is 5.41 Å². The van der Waals surface area contributed by atoms with Crippen LogP contribution in [0.4, 0.5) is 0 Å². The average Bonchev–Trinajstić information content (AvgIpc) is 2.41. The topological polar surface area (TPSA) is 81.4 Å². The van der Waals surface area contributed by atoms with Gasteiger partial charge in [-0.25, -0.2) is 0 Å². The van der Waals surface area contributed by atoms with Crippen LogP contribution < -0.4 is 5.30 Å². The number of hydrogen-bond acceptors (Lipinski definition) is 2. The minimum atomic E-state index is -4.23. The summed E-state index contributed by atoms with van der Waals surface area (Å²) in [4.78, 5) is 18.2. The molecule has 0 spiro atoms. The van der Waals surface area contributed by atoms with Gasteiger partial charge in [0.1, 0.15) is 0 Å². The molecule has 2 aromatic rings. The predicted molar refractivity (Wildman–Crippen MR) is 84.7 cm³/mol. The minimum absolute atomic E-state index is 0.0316. The van der Waals surface area contributed by atoms with E-state index in [1.54, 1.807) is 12.1 Å². The van der Waals surface area contributed by atoms with Gasteiger partial charge in [0.25, 0.3) is 0 Å². The third-order valence-corrected chi connectivity index (χ3v) is 4.57. The quantitative estimate of drug-likeness (QED) is 0.602. The molecule has 0 fully saturated rings. The number of rotatable bonds is 3. The van der Waals surface area contributed by atoms with Crippen molar-refractivity contribution in [3.63, 3.8) is 0 Å². The molecule has 0 saturated carbocycles. The summed E-state index contributed by atoms with van der Waals surface area (Å²) in [5.74, 6) is 0. The lowest BCUT2D eigenvalue weighted by Crippen LogP contribution is -2.08. The van der Waals surface area contributed by atoms with Crippen LogP contribution in [0.25, 0.3) is 0 Å². The van der Waals surface area contributed by atoms with Gasteiger partial charge in [0.2, 0.25) is 0 Å². The monoisotopic (exact) mass is 303 g/mol. The summed E-state index contributed by atoms with van der Waals surface area (Å²) in [5.41, 5.74) is 5.14. The first-order valence-electron chi connectivity index (χ1n) is 6.53. The van der Waals surface area contributed by atoms with Gasteiger partial charge >= 0.3 is 7.60 Å². The molecule has 0 saturated heterocycles. The molecule has 0 atom stereocenters. The zero-order valence-corrected chi connectivity index (χ0v) is 13.1. The molecule has 0 heterocycles. The first-order chi connectivity index (χ1) is 9.70. The van der Waals surface area contributed by atoms with Crippen molar-refractivity contribution in [1.82, 2.24) is 0 Å². The fraction of sp³-hybridized carbons (Fsp3) is 0.188. The van der Waals surface area contributed by atoms with E-state index in [1.807, 2.05) is 32.9 Å². The summed E-state index contributed by atoms with van der Waals surface area (Å²) in [5, 5.41) is 8.28. The largest absolute Gasteiger partial charge is 0.356 e. The molecule has 0 aliphatic heterocycles. The van der Waals surface area contributed by atoms with Gasteiger partial charge in [0.15, 0.2) is 0 Å². The third kappa shape index (κ3) is 3.30. The lowest BCUT2D eigenvalue weighted by Gasteiger charge is -2.12. The van der Waals surface area contributed by atoms with Crippen LogP contribution in [-0.2, 0) is 4.57 Å². The van der Waals surface area contributed by atoms with Crippen molar-refractivity contribution in [3.05, 3.63) is 64.2 Å². The maximum atomic E-state index is 11.2. The van der Waals surface area contributed by atoms with E-state index in [0.29, 0.717) is 11.3 Å². The molecule has 21 heavy (non-hydrogen) atoms. The Balaban J connectivity index is 2.41. The second-order valence-electron chi connectivity index (χ2n) is 5.22. The van der Waals surface area contributed by atoms with Crippen molar-refractivity contribution in [2.24, 2.45) is 0 Å². The zero-order valence-electron chi connectivity index (χ0n) is 12.2. The van der Waals surface area contributed by atoms with E-state index in [2.05, 4.69) is 0 Å².